The topological polar surface area (TPSA) is 173 Å². The van der Waals surface area contributed by atoms with Crippen LogP contribution < -0.4 is 26.8 Å². The third-order valence-electron chi connectivity index (χ3n) is 6.51. The number of anilines is 1. The minimum absolute atomic E-state index is 0.101. The quantitative estimate of drug-likeness (QED) is 0.248. The van der Waals surface area contributed by atoms with Crippen LogP contribution in [0, 0.1) is 12.8 Å². The lowest BCUT2D eigenvalue weighted by Crippen LogP contribution is -2.46. The highest BCUT2D eigenvalue weighted by Gasteiger charge is 2.26. The number of carbonyl (C=O) groups is 5. The third-order valence-corrected chi connectivity index (χ3v) is 6.51. The molecule has 2 rings (SSSR count). The molecule has 0 aromatic carbocycles. The van der Waals surface area contributed by atoms with Gasteiger partial charge in [-0.25, -0.2) is 4.98 Å². The zero-order chi connectivity index (χ0) is 29.1. The van der Waals surface area contributed by atoms with Gasteiger partial charge in [0.15, 0.2) is 0 Å². The smallest absolute Gasteiger partial charge is 0.287 e. The van der Waals surface area contributed by atoms with Gasteiger partial charge in [-0.2, -0.15) is 0 Å². The van der Waals surface area contributed by atoms with Crippen molar-refractivity contribution >= 4 is 35.1 Å². The van der Waals surface area contributed by atoms with Crippen molar-refractivity contribution in [3.8, 4) is 0 Å². The molecule has 0 unspecified atom stereocenters. The minimum atomic E-state index is -1.25. The summed E-state index contributed by atoms with van der Waals surface area (Å²) in [6, 6.07) is 1.74. The van der Waals surface area contributed by atoms with E-state index in [2.05, 4.69) is 26.3 Å². The number of carbonyl (C=O) groups excluding carboxylic acids is 5. The summed E-state index contributed by atoms with van der Waals surface area (Å²) in [5.41, 5.74) is -0.00887. The number of nitrogens with one attached hydrogen (secondary N) is 4. The van der Waals surface area contributed by atoms with Gasteiger partial charge in [0.1, 0.15) is 24.0 Å². The molecule has 2 aromatic rings. The number of hydrogen-bond donors (Lipinski definition) is 4. The molecular formula is C26H37N7O6. The minimum Gasteiger partial charge on any atom is -0.354 e. The molecule has 0 aliphatic rings. The van der Waals surface area contributed by atoms with Gasteiger partial charge in [0.25, 0.3) is 17.4 Å². The summed E-state index contributed by atoms with van der Waals surface area (Å²) in [5.74, 6) is -2.96. The van der Waals surface area contributed by atoms with E-state index in [1.165, 1.54) is 34.8 Å². The Bertz CT molecular complexity index is 1260. The molecule has 13 nitrogen and oxygen atoms in total. The second-order valence-electron chi connectivity index (χ2n) is 9.21. The Hall–Kier alpha value is -4.29. The number of likely N-dealkylation sites (N-methyl/N-ethyl adjacent to an activating group) is 1. The molecule has 39 heavy (non-hydrogen) atoms. The molecule has 0 aliphatic carbocycles. The number of nitrogens with zero attached hydrogens (tertiary/aromatic N) is 3. The molecule has 1 atom stereocenters. The summed E-state index contributed by atoms with van der Waals surface area (Å²) >= 11 is 0. The molecule has 0 saturated heterocycles. The first-order valence-electron chi connectivity index (χ1n) is 12.8. The van der Waals surface area contributed by atoms with Crippen LogP contribution in [0.2, 0.25) is 0 Å². The first-order chi connectivity index (χ1) is 18.5. The monoisotopic (exact) mass is 543 g/mol. The fraction of sp³-hybridized carbons (Fsp3) is 0.500. The molecule has 4 amide bonds. The Morgan fingerprint density at radius 3 is 2.36 bits per heavy atom. The van der Waals surface area contributed by atoms with Crippen molar-refractivity contribution in [1.82, 2.24) is 30.1 Å². The van der Waals surface area contributed by atoms with Gasteiger partial charge in [-0.3, -0.25) is 28.8 Å². The first-order valence-corrected chi connectivity index (χ1v) is 12.8. The molecule has 0 aliphatic heterocycles. The normalized spacial score (nSPS) is 11.5. The number of rotatable bonds is 14. The van der Waals surface area contributed by atoms with Crippen LogP contribution in [0.5, 0.6) is 0 Å². The van der Waals surface area contributed by atoms with Crippen LogP contribution >= 0.6 is 0 Å². The maximum absolute atomic E-state index is 13.2. The van der Waals surface area contributed by atoms with E-state index in [1.54, 1.807) is 20.0 Å². The van der Waals surface area contributed by atoms with Gasteiger partial charge in [0, 0.05) is 32.8 Å². The van der Waals surface area contributed by atoms with Crippen molar-refractivity contribution in [2.24, 2.45) is 13.0 Å². The number of pyridine rings is 1. The molecule has 0 radical (unpaired) electrons. The van der Waals surface area contributed by atoms with Crippen LogP contribution in [0.4, 0.5) is 5.69 Å². The number of amides is 4. The van der Waals surface area contributed by atoms with Crippen LogP contribution in [-0.4, -0.2) is 63.2 Å². The van der Waals surface area contributed by atoms with Crippen molar-refractivity contribution in [3.05, 3.63) is 46.4 Å². The van der Waals surface area contributed by atoms with E-state index >= 15 is 0 Å². The van der Waals surface area contributed by atoms with Gasteiger partial charge >= 0.3 is 0 Å². The molecule has 2 heterocycles. The van der Waals surface area contributed by atoms with Crippen LogP contribution in [-0.2, 0) is 32.8 Å². The Kier molecular flexibility index (Phi) is 11.6. The number of aromatic nitrogens is 3. The van der Waals surface area contributed by atoms with E-state index in [-0.39, 0.29) is 36.7 Å². The second-order valence-corrected chi connectivity index (χ2v) is 9.21. The lowest BCUT2D eigenvalue weighted by Gasteiger charge is -2.19. The molecular weight excluding hydrogens is 506 g/mol. The van der Waals surface area contributed by atoms with Gasteiger partial charge in [0.05, 0.1) is 12.5 Å². The number of Topliss-reactive ketones (excluding diaryl/α,β-unsaturated/α-hetero) is 1. The van der Waals surface area contributed by atoms with Crippen molar-refractivity contribution in [2.45, 2.75) is 59.0 Å². The third kappa shape index (κ3) is 8.62. The van der Waals surface area contributed by atoms with Crippen molar-refractivity contribution in [3.63, 3.8) is 0 Å². The summed E-state index contributed by atoms with van der Waals surface area (Å²) in [6.45, 7) is 6.03. The number of imidazole rings is 1. The zero-order valence-corrected chi connectivity index (χ0v) is 23.0. The van der Waals surface area contributed by atoms with Gasteiger partial charge < -0.3 is 30.4 Å². The predicted octanol–water partition coefficient (Wildman–Crippen LogP) is 0.275. The lowest BCUT2D eigenvalue weighted by molar-refractivity contribution is -0.137. The lowest BCUT2D eigenvalue weighted by atomic mass is 10.0. The second kappa shape index (κ2) is 14.6. The molecule has 0 bridgehead atoms. The summed E-state index contributed by atoms with van der Waals surface area (Å²) in [4.78, 5) is 79.1. The van der Waals surface area contributed by atoms with Gasteiger partial charge in [-0.15, -0.1) is 0 Å². The van der Waals surface area contributed by atoms with E-state index < -0.39 is 35.1 Å². The average molecular weight is 544 g/mol. The van der Waals surface area contributed by atoms with Gasteiger partial charge in [-0.05, 0) is 31.4 Å². The summed E-state index contributed by atoms with van der Waals surface area (Å²) in [6.07, 6.45) is 4.05. The van der Waals surface area contributed by atoms with E-state index in [0.29, 0.717) is 18.2 Å². The summed E-state index contributed by atoms with van der Waals surface area (Å²) in [7, 11) is 2.91. The molecule has 0 fully saturated rings. The fourth-order valence-corrected chi connectivity index (χ4v) is 3.82. The Morgan fingerprint density at radius 1 is 1.08 bits per heavy atom. The van der Waals surface area contributed by atoms with Crippen molar-refractivity contribution < 1.29 is 24.0 Å². The first kappa shape index (κ1) is 30.9. The number of hydrogen-bond acceptors (Lipinski definition) is 7. The zero-order valence-electron chi connectivity index (χ0n) is 23.0. The Morgan fingerprint density at radius 2 is 1.77 bits per heavy atom. The summed E-state index contributed by atoms with van der Waals surface area (Å²) in [5, 5.41) is 10.1. The molecule has 2 aromatic heterocycles. The van der Waals surface area contributed by atoms with Crippen LogP contribution in [0.25, 0.3) is 0 Å². The highest BCUT2D eigenvalue weighted by atomic mass is 16.2. The van der Waals surface area contributed by atoms with E-state index in [4.69, 9.17) is 0 Å². The fourth-order valence-electron chi connectivity index (χ4n) is 3.82. The van der Waals surface area contributed by atoms with E-state index in [9.17, 15) is 28.8 Å². The Labute approximate surface area is 226 Å². The molecule has 212 valence electrons. The number of ketones is 1. The highest BCUT2D eigenvalue weighted by molar-refractivity contribution is 6.36. The SMILES string of the molecule is CCC(CC)CNC(=O)Cn1c(C)ccc(NC(=O)[C@H](CCC(=O)C(=O)NC)NC(=O)c2cncn2C)c1=O. The van der Waals surface area contributed by atoms with Gasteiger partial charge in [-0.1, -0.05) is 26.7 Å². The average Bonchev–Trinajstić information content (AvgIpc) is 3.36. The van der Waals surface area contributed by atoms with E-state index in [0.717, 1.165) is 12.8 Å². The molecule has 4 N–H and O–H groups in total. The standard InChI is InChI=1S/C26H37N7O6/c1-6-17(7-2)12-29-22(35)14-33-16(3)8-9-19(26(33)39)31-23(36)18(10-11-21(34)25(38)27-4)30-24(37)20-13-28-15-32(20)5/h8-9,13,15,17-18H,6-7,10-12,14H2,1-5H3,(H,27,38)(H,29,35)(H,30,37)(H,31,36)/t18-/m0/s1. The molecule has 13 heteroatoms. The van der Waals surface area contributed by atoms with Gasteiger partial charge in [0.2, 0.25) is 17.6 Å². The predicted molar refractivity (Wildman–Crippen MR) is 144 cm³/mol. The molecule has 0 saturated carbocycles. The van der Waals surface area contributed by atoms with Crippen LogP contribution in [0.3, 0.4) is 0 Å². The maximum Gasteiger partial charge on any atom is 0.287 e. The van der Waals surface area contributed by atoms with Crippen LogP contribution in [0.15, 0.2) is 29.5 Å². The van der Waals surface area contributed by atoms with Crippen molar-refractivity contribution in [1.29, 1.82) is 0 Å². The summed E-state index contributed by atoms with van der Waals surface area (Å²) < 4.78 is 2.70. The highest BCUT2D eigenvalue weighted by Crippen LogP contribution is 2.09. The maximum atomic E-state index is 13.2. The van der Waals surface area contributed by atoms with Crippen molar-refractivity contribution in [2.75, 3.05) is 18.9 Å². The van der Waals surface area contributed by atoms with Crippen LogP contribution in [0.1, 0.15) is 55.7 Å². The Balaban J connectivity index is 2.22. The number of aryl methyl sites for hydroxylation is 2. The molecule has 0 spiro atoms. The largest absolute Gasteiger partial charge is 0.354 e. The van der Waals surface area contributed by atoms with E-state index in [1.807, 2.05) is 13.8 Å².